The molecule has 1 aliphatic heterocycles. The third-order valence-corrected chi connectivity index (χ3v) is 7.22. The van der Waals surface area contributed by atoms with E-state index in [1.165, 1.54) is 4.90 Å². The van der Waals surface area contributed by atoms with Gasteiger partial charge in [0.1, 0.15) is 5.75 Å². The van der Waals surface area contributed by atoms with Gasteiger partial charge in [0.05, 0.1) is 17.5 Å². The normalized spacial score (nSPS) is 26.9. The fourth-order valence-corrected chi connectivity index (χ4v) is 5.55. The number of hydrogen-bond acceptors (Lipinski definition) is 4. The molecule has 2 bridgehead atoms. The number of ketones is 1. The van der Waals surface area contributed by atoms with Crippen LogP contribution in [0.4, 0.5) is 5.69 Å². The van der Waals surface area contributed by atoms with Crippen molar-refractivity contribution in [2.75, 3.05) is 11.5 Å². The number of aryl methyl sites for hydroxylation is 2. The van der Waals surface area contributed by atoms with E-state index in [-0.39, 0.29) is 36.0 Å². The Bertz CT molecular complexity index is 1030. The van der Waals surface area contributed by atoms with E-state index in [2.05, 4.69) is 0 Å². The first kappa shape index (κ1) is 19.0. The molecule has 0 unspecified atom stereocenters. The second-order valence-electron chi connectivity index (χ2n) is 8.88. The van der Waals surface area contributed by atoms with Gasteiger partial charge in [0.15, 0.2) is 12.4 Å². The van der Waals surface area contributed by atoms with Crippen molar-refractivity contribution in [1.29, 1.82) is 0 Å². The molecule has 2 aromatic rings. The van der Waals surface area contributed by atoms with Gasteiger partial charge in [0, 0.05) is 5.56 Å². The van der Waals surface area contributed by atoms with Crippen LogP contribution in [0.5, 0.6) is 5.75 Å². The summed E-state index contributed by atoms with van der Waals surface area (Å²) >= 11 is 0. The Labute approximate surface area is 176 Å². The topological polar surface area (TPSA) is 63.7 Å². The lowest BCUT2D eigenvalue weighted by molar-refractivity contribution is -0.123. The lowest BCUT2D eigenvalue weighted by Gasteiger charge is -2.20. The first-order valence-corrected chi connectivity index (χ1v) is 10.7. The van der Waals surface area contributed by atoms with Crippen molar-refractivity contribution in [3.63, 3.8) is 0 Å². The summed E-state index contributed by atoms with van der Waals surface area (Å²) in [5, 5.41) is 0. The molecule has 5 heteroatoms. The maximum atomic E-state index is 13.2. The van der Waals surface area contributed by atoms with Crippen LogP contribution in [-0.4, -0.2) is 24.2 Å². The van der Waals surface area contributed by atoms with Gasteiger partial charge < -0.3 is 4.74 Å². The molecular formula is C25H25NO4. The first-order chi connectivity index (χ1) is 14.5. The van der Waals surface area contributed by atoms with E-state index in [1.54, 1.807) is 30.3 Å². The van der Waals surface area contributed by atoms with E-state index < -0.39 is 0 Å². The Morgan fingerprint density at radius 3 is 2.30 bits per heavy atom. The molecule has 3 aliphatic rings. The van der Waals surface area contributed by atoms with Gasteiger partial charge in [-0.2, -0.15) is 0 Å². The number of ether oxygens (including phenoxy) is 1. The van der Waals surface area contributed by atoms with Crippen LogP contribution < -0.4 is 9.64 Å². The molecule has 154 valence electrons. The van der Waals surface area contributed by atoms with Crippen molar-refractivity contribution in [1.82, 2.24) is 0 Å². The van der Waals surface area contributed by atoms with Gasteiger partial charge in [-0.05, 0) is 74.3 Å². The minimum absolute atomic E-state index is 0.103. The molecule has 2 aliphatic carbocycles. The number of nitrogens with zero attached hydrogens (tertiary/aromatic N) is 1. The van der Waals surface area contributed by atoms with Crippen molar-refractivity contribution in [2.24, 2.45) is 23.7 Å². The van der Waals surface area contributed by atoms with Crippen molar-refractivity contribution >= 4 is 23.3 Å². The summed E-state index contributed by atoms with van der Waals surface area (Å²) in [6.45, 7) is 3.83. The molecule has 2 amide bonds. The molecule has 5 rings (SSSR count). The Morgan fingerprint density at radius 2 is 1.63 bits per heavy atom. The second-order valence-corrected chi connectivity index (χ2v) is 8.88. The van der Waals surface area contributed by atoms with Crippen molar-refractivity contribution in [3.8, 4) is 5.75 Å². The predicted molar refractivity (Wildman–Crippen MR) is 112 cm³/mol. The number of para-hydroxylation sites is 2. The number of amides is 2. The average molecular weight is 403 g/mol. The van der Waals surface area contributed by atoms with Crippen molar-refractivity contribution in [2.45, 2.75) is 33.1 Å². The molecule has 5 nitrogen and oxygen atoms in total. The highest BCUT2D eigenvalue weighted by atomic mass is 16.5. The molecule has 1 heterocycles. The number of fused-ring (bicyclic) bond motifs is 5. The summed E-state index contributed by atoms with van der Waals surface area (Å²) in [7, 11) is 0. The van der Waals surface area contributed by atoms with E-state index in [0.29, 0.717) is 28.8 Å². The highest BCUT2D eigenvalue weighted by Crippen LogP contribution is 2.57. The quantitative estimate of drug-likeness (QED) is 0.557. The van der Waals surface area contributed by atoms with Gasteiger partial charge in [-0.3, -0.25) is 14.4 Å². The maximum absolute atomic E-state index is 13.2. The van der Waals surface area contributed by atoms with Gasteiger partial charge in [-0.15, -0.1) is 0 Å². The summed E-state index contributed by atoms with van der Waals surface area (Å²) in [5.41, 5.74) is 3.23. The molecule has 1 saturated heterocycles. The van der Waals surface area contributed by atoms with Crippen molar-refractivity contribution in [3.05, 3.63) is 59.2 Å². The maximum Gasteiger partial charge on any atom is 0.238 e. The monoisotopic (exact) mass is 403 g/mol. The Kier molecular flexibility index (Phi) is 4.49. The lowest BCUT2D eigenvalue weighted by Crippen LogP contribution is -2.33. The van der Waals surface area contributed by atoms with Gasteiger partial charge >= 0.3 is 0 Å². The first-order valence-electron chi connectivity index (χ1n) is 10.7. The zero-order chi connectivity index (χ0) is 21.0. The lowest BCUT2D eigenvalue weighted by atomic mass is 9.81. The number of rotatable bonds is 5. The molecule has 0 aromatic heterocycles. The Hall–Kier alpha value is -2.95. The molecule has 30 heavy (non-hydrogen) atoms. The van der Waals surface area contributed by atoms with Gasteiger partial charge in [0.25, 0.3) is 0 Å². The second kappa shape index (κ2) is 7.08. The molecule has 4 atom stereocenters. The summed E-state index contributed by atoms with van der Waals surface area (Å²) < 4.78 is 5.83. The fraction of sp³-hybridized carbons (Fsp3) is 0.400. The average Bonchev–Trinajstić information content (AvgIpc) is 3.42. The zero-order valence-corrected chi connectivity index (χ0v) is 17.3. The third-order valence-electron chi connectivity index (χ3n) is 7.22. The molecule has 2 aromatic carbocycles. The van der Waals surface area contributed by atoms with Gasteiger partial charge in [0.2, 0.25) is 11.8 Å². The van der Waals surface area contributed by atoms with Gasteiger partial charge in [-0.1, -0.05) is 24.3 Å². The largest absolute Gasteiger partial charge is 0.483 e. The standard InChI is InChI=1S/C25H25NO4/c1-14-7-8-16(11-15(14)2)20(27)13-30-21-6-4-3-5-19(21)26-24(28)22-17-9-10-18(12-17)23(22)25(26)29/h3-8,11,17-18,22-23H,9-10,12-13H2,1-2H3/t17-,18+,22-,23+. The van der Waals surface area contributed by atoms with E-state index in [9.17, 15) is 14.4 Å². The van der Waals surface area contributed by atoms with Crippen LogP contribution in [0.2, 0.25) is 0 Å². The van der Waals surface area contributed by atoms with Crippen LogP contribution in [0, 0.1) is 37.5 Å². The molecule has 2 saturated carbocycles. The van der Waals surface area contributed by atoms with Crippen LogP contribution in [-0.2, 0) is 9.59 Å². The molecule has 3 fully saturated rings. The van der Waals surface area contributed by atoms with Crippen LogP contribution in [0.15, 0.2) is 42.5 Å². The highest BCUT2D eigenvalue weighted by molar-refractivity contribution is 6.23. The van der Waals surface area contributed by atoms with Crippen LogP contribution >= 0.6 is 0 Å². The fourth-order valence-electron chi connectivity index (χ4n) is 5.55. The number of anilines is 1. The van der Waals surface area contributed by atoms with E-state index in [1.807, 2.05) is 26.0 Å². The highest BCUT2D eigenvalue weighted by Gasteiger charge is 2.61. The summed E-state index contributed by atoms with van der Waals surface area (Å²) in [6.07, 6.45) is 3.09. The van der Waals surface area contributed by atoms with E-state index in [0.717, 1.165) is 30.4 Å². The number of benzene rings is 2. The number of carbonyl (C=O) groups is 3. The van der Waals surface area contributed by atoms with Crippen LogP contribution in [0.1, 0.15) is 40.7 Å². The van der Waals surface area contributed by atoms with Crippen LogP contribution in [0.3, 0.4) is 0 Å². The summed E-state index contributed by atoms with van der Waals surface area (Å²) in [6, 6.07) is 12.6. The minimum Gasteiger partial charge on any atom is -0.483 e. The molecule has 0 radical (unpaired) electrons. The third kappa shape index (κ3) is 2.87. The van der Waals surface area contributed by atoms with Gasteiger partial charge in [-0.25, -0.2) is 4.90 Å². The smallest absolute Gasteiger partial charge is 0.238 e. The minimum atomic E-state index is -0.179. The van der Waals surface area contributed by atoms with Crippen molar-refractivity contribution < 1.29 is 19.1 Å². The van der Waals surface area contributed by atoms with E-state index in [4.69, 9.17) is 4.74 Å². The zero-order valence-electron chi connectivity index (χ0n) is 17.3. The van der Waals surface area contributed by atoms with Crippen LogP contribution in [0.25, 0.3) is 0 Å². The molecular weight excluding hydrogens is 378 g/mol. The number of imide groups is 1. The molecule has 0 N–H and O–H groups in total. The Morgan fingerprint density at radius 1 is 0.967 bits per heavy atom. The number of hydrogen-bond donors (Lipinski definition) is 0. The SMILES string of the molecule is Cc1ccc(C(=O)COc2ccccc2N2C(=O)[C@@H]3[C@@H]4CC[C@@H](C4)[C@@H]3C2=O)cc1C. The molecule has 0 spiro atoms. The number of Topliss-reactive ketones (excluding diaryl/α,β-unsaturated/α-hetero) is 1. The van der Waals surface area contributed by atoms with E-state index >= 15 is 0 Å². The summed E-state index contributed by atoms with van der Waals surface area (Å²) in [4.78, 5) is 40.2. The number of carbonyl (C=O) groups excluding carboxylic acids is 3. The summed E-state index contributed by atoms with van der Waals surface area (Å²) in [5.74, 6) is 0.359. The predicted octanol–water partition coefficient (Wildman–Crippen LogP) is 4.10. The Balaban J connectivity index is 1.37.